The second kappa shape index (κ2) is 41.6. The molecule has 138 heavy (non-hydrogen) atoms. The van der Waals surface area contributed by atoms with Crippen LogP contribution in [0.15, 0.2) is 168 Å². The van der Waals surface area contributed by atoms with Crippen LogP contribution in [-0.2, 0) is 96.9 Å². The molecule has 17 nitrogen and oxygen atoms in total. The quantitative estimate of drug-likeness (QED) is 0.0456. The SMILES string of the molecule is CC(C)CC[C@@]12CCC(=O)C[C@H]1CCc1c(-c3ccccc3F)nc(-c3ccnc(CF)c3)nc12.CC(C)CC[C@@]12CCC3(C[C@H]1CC/C(=C\c1ccccc1F)C2=O)OCCO3.CC(C)CC[C@@]12CCC3(C[C@H]1CCc1c(-c4ccccc4F)nc(-c4ccnc(CF)c4)nc12)OCCO3.CC(C)CC[C@@]12Cc3cnoc3C[C@H]1CCc1c(-c3ccccc3F)nc(-c3ccnc(CF)c3)nc12. The predicted octanol–water partition coefficient (Wildman–Crippen LogP) is 26.2. The molecular weight excluding hydrogens is 1750 g/mol. The maximum absolute atomic E-state index is 15.2. The Labute approximate surface area is 805 Å². The van der Waals surface area contributed by atoms with Gasteiger partial charge in [-0.05, 0) is 247 Å². The number of pyridine rings is 3. The maximum atomic E-state index is 15.2. The third kappa shape index (κ3) is 19.8. The monoisotopic (exact) mass is 1880 g/mol. The third-order valence-electron chi connectivity index (χ3n) is 31.9. The van der Waals surface area contributed by atoms with Crippen LogP contribution in [0.5, 0.6) is 0 Å². The molecule has 6 fully saturated rings. The van der Waals surface area contributed by atoms with Crippen molar-refractivity contribution >= 4 is 17.6 Å². The topological polar surface area (TPSA) is 213 Å². The number of alkyl halides is 3. The maximum Gasteiger partial charge on any atom is 0.168 e. The first-order valence-corrected chi connectivity index (χ1v) is 50.3. The van der Waals surface area contributed by atoms with Crippen molar-refractivity contribution in [1.82, 2.24) is 50.0 Å². The smallest absolute Gasteiger partial charge is 0.168 e. The summed E-state index contributed by atoms with van der Waals surface area (Å²) in [5.41, 5.74) is 13.8. The zero-order chi connectivity index (χ0) is 96.3. The fourth-order valence-corrected chi connectivity index (χ4v) is 24.5. The first-order chi connectivity index (χ1) is 66.8. The molecule has 724 valence electrons. The summed E-state index contributed by atoms with van der Waals surface area (Å²) in [5, 5.41) is 4.11. The molecule has 0 unspecified atom stereocenters. The summed E-state index contributed by atoms with van der Waals surface area (Å²) in [6, 6.07) is 37.5. The molecule has 9 heterocycles. The molecule has 10 aliphatic rings. The molecule has 24 heteroatoms. The predicted molar refractivity (Wildman–Crippen MR) is 517 cm³/mol. The summed E-state index contributed by atoms with van der Waals surface area (Å²) in [5.74, 6) is 4.15. The van der Waals surface area contributed by atoms with Crippen LogP contribution in [0.25, 0.3) is 74.0 Å². The van der Waals surface area contributed by atoms with Crippen LogP contribution in [0.4, 0.5) is 30.7 Å². The van der Waals surface area contributed by atoms with E-state index in [2.05, 4.69) is 75.5 Å². The van der Waals surface area contributed by atoms with Gasteiger partial charge in [-0.25, -0.2) is 60.6 Å². The Balaban J connectivity index is 0.000000123. The summed E-state index contributed by atoms with van der Waals surface area (Å²) >= 11 is 0. The van der Waals surface area contributed by atoms with Crippen molar-refractivity contribution in [3.05, 3.63) is 255 Å². The molecule has 8 aliphatic carbocycles. The molecule has 0 amide bonds. The Hall–Kier alpha value is -10.8. The molecule has 8 atom stereocenters. The number of rotatable bonds is 22. The average Bonchev–Trinajstić information content (AvgIpc) is 1.32. The van der Waals surface area contributed by atoms with Crippen molar-refractivity contribution in [3.8, 4) is 67.9 Å². The zero-order valence-corrected chi connectivity index (χ0v) is 80.7. The van der Waals surface area contributed by atoms with E-state index in [1.54, 1.807) is 104 Å². The minimum absolute atomic E-state index is 0.175. The van der Waals surface area contributed by atoms with E-state index in [4.69, 9.17) is 53.4 Å². The van der Waals surface area contributed by atoms with Gasteiger partial charge in [0.05, 0.1) is 83.9 Å². The summed E-state index contributed by atoms with van der Waals surface area (Å²) < 4.78 is 130. The Morgan fingerprint density at radius 1 is 0.406 bits per heavy atom. The van der Waals surface area contributed by atoms with Crippen LogP contribution in [0.1, 0.15) is 264 Å². The Bertz CT molecular complexity index is 6270. The number of aromatic nitrogens is 10. The largest absolute Gasteiger partial charge is 0.361 e. The lowest BCUT2D eigenvalue weighted by Crippen LogP contribution is -2.52. The first kappa shape index (κ1) is 97.4. The molecule has 2 saturated heterocycles. The number of fused-ring (bicyclic) bond motifs is 11. The zero-order valence-electron chi connectivity index (χ0n) is 80.7. The summed E-state index contributed by atoms with van der Waals surface area (Å²) in [6.45, 7) is 18.4. The van der Waals surface area contributed by atoms with Crippen molar-refractivity contribution in [2.75, 3.05) is 26.4 Å². The van der Waals surface area contributed by atoms with E-state index in [9.17, 15) is 27.2 Å². The molecule has 2 aliphatic heterocycles. The Morgan fingerprint density at radius 2 is 0.783 bits per heavy atom. The van der Waals surface area contributed by atoms with E-state index in [1.807, 2.05) is 36.5 Å². The molecule has 2 spiro atoms. The highest BCUT2D eigenvalue weighted by atomic mass is 19.2. The van der Waals surface area contributed by atoms with E-state index in [0.717, 1.165) is 198 Å². The van der Waals surface area contributed by atoms with E-state index in [0.29, 0.717) is 184 Å². The molecule has 0 radical (unpaired) electrons. The molecule has 4 saturated carbocycles. The number of carbonyl (C=O) groups excluding carboxylic acids is 2. The van der Waals surface area contributed by atoms with Crippen molar-refractivity contribution in [2.45, 2.75) is 277 Å². The highest BCUT2D eigenvalue weighted by Gasteiger charge is 2.59. The number of allylic oxidation sites excluding steroid dienone is 1. The second-order valence-corrected chi connectivity index (χ2v) is 42.0. The lowest BCUT2D eigenvalue weighted by molar-refractivity contribution is -0.210. The van der Waals surface area contributed by atoms with Gasteiger partial charge in [0.1, 0.15) is 54.8 Å². The molecule has 4 aromatic carbocycles. The van der Waals surface area contributed by atoms with Gasteiger partial charge < -0.3 is 23.5 Å². The number of halogens is 7. The average molecular weight is 1880 g/mol. The number of Topliss-reactive ketones (excluding diaryl/α,β-unsaturated/α-hetero) is 2. The van der Waals surface area contributed by atoms with E-state index in [1.165, 1.54) is 24.3 Å². The normalized spacial score (nSPS) is 23.8. The van der Waals surface area contributed by atoms with Gasteiger partial charge in [0.15, 0.2) is 34.8 Å². The van der Waals surface area contributed by atoms with Gasteiger partial charge in [-0.2, -0.15) is 0 Å². The van der Waals surface area contributed by atoms with Crippen LogP contribution in [0.2, 0.25) is 0 Å². The Kier molecular flexibility index (Phi) is 29.3. The molecular formula is C114H127F7N10O7. The standard InChI is InChI=1S/C31H35F2N3O2.C30H30F2N4O.C29H31F2N3O.C24H31FO3/c1-20(2)9-11-30-12-13-31(37-15-16-38-31)18-22(30)7-8-25-27(24-5-3-4-6-26(24)33)35-29(36-28(25)30)21-10-14-34-23(17-21)19-32;1-18(2)9-11-30-15-20-17-34-37-26(20)14-21(30)7-8-24-27(23-5-3-4-6-25(23)32)35-29(36-28(24)30)19-10-12-33-22(13-19)16-31;1-18(2)9-12-29-13-10-22(35)16-20(29)7-8-24-26(23-5-3-4-6-25(23)31)33-28(34-27(24)29)19-11-14-32-21(15-19)17-30;1-17(2)9-10-23-11-12-24(27-13-14-28-24)16-20(23)8-7-19(22(23)26)15-18-5-3-4-6-21(18)25/h3-6,10,14,17,20,22H,7-9,11-13,15-16,18-19H2,1-2H3;3-6,10,12-13,17-18,21H,7-9,11,14-16H2,1-2H3;3-6,11,14-15,18,20H,7-10,12-13,16-17H2,1-2H3;3-6,15,17,20H,7-14,16H2,1-2H3/b;;;19-15+/t22-,30-;21-,30-;20-,29-;20-,23-/m1111/s1. The molecule has 21 rings (SSSR count). The number of hydrogen-bond acceptors (Lipinski definition) is 17. The molecule has 11 aromatic rings. The van der Waals surface area contributed by atoms with Crippen molar-refractivity contribution in [2.24, 2.45) is 52.8 Å². The second-order valence-electron chi connectivity index (χ2n) is 42.0. The van der Waals surface area contributed by atoms with Crippen LogP contribution in [0, 0.1) is 76.0 Å². The van der Waals surface area contributed by atoms with Crippen molar-refractivity contribution in [3.63, 3.8) is 0 Å². The van der Waals surface area contributed by atoms with Gasteiger partial charge in [0.25, 0.3) is 0 Å². The van der Waals surface area contributed by atoms with Gasteiger partial charge in [-0.1, -0.05) is 134 Å². The minimum atomic E-state index is -0.679. The summed E-state index contributed by atoms with van der Waals surface area (Å²) in [4.78, 5) is 68.9. The van der Waals surface area contributed by atoms with Crippen LogP contribution in [-0.4, -0.2) is 99.6 Å². The first-order valence-electron chi connectivity index (χ1n) is 50.3. The lowest BCUT2D eigenvalue weighted by atomic mass is 9.54. The fraction of sp³-hybridized carbons (Fsp3) is 0.491. The highest BCUT2D eigenvalue weighted by molar-refractivity contribution is 6.04. The molecule has 0 N–H and O–H groups in total. The highest BCUT2D eigenvalue weighted by Crippen LogP contribution is 2.62. The molecule has 7 aromatic heterocycles. The van der Waals surface area contributed by atoms with Gasteiger partial charge in [0, 0.05) is 146 Å². The lowest BCUT2D eigenvalue weighted by Gasteiger charge is -2.52. The van der Waals surface area contributed by atoms with Crippen LogP contribution < -0.4 is 0 Å². The minimum Gasteiger partial charge on any atom is -0.361 e. The van der Waals surface area contributed by atoms with Gasteiger partial charge in [-0.15, -0.1) is 0 Å². The van der Waals surface area contributed by atoms with Crippen molar-refractivity contribution < 1.29 is 63.8 Å². The van der Waals surface area contributed by atoms with E-state index < -0.39 is 31.6 Å². The number of ether oxygens (including phenoxy) is 4. The number of benzene rings is 4. The van der Waals surface area contributed by atoms with Crippen molar-refractivity contribution in [1.29, 1.82) is 0 Å². The van der Waals surface area contributed by atoms with Gasteiger partial charge in [0.2, 0.25) is 0 Å². The number of nitrogens with zero attached hydrogens (tertiary/aromatic N) is 10. The van der Waals surface area contributed by atoms with Gasteiger partial charge >= 0.3 is 0 Å². The van der Waals surface area contributed by atoms with Gasteiger partial charge in [-0.3, -0.25) is 24.5 Å². The Morgan fingerprint density at radius 3 is 1.22 bits per heavy atom. The fourth-order valence-electron chi connectivity index (χ4n) is 24.5. The summed E-state index contributed by atoms with van der Waals surface area (Å²) in [7, 11) is 0. The summed E-state index contributed by atoms with van der Waals surface area (Å²) in [6.07, 6.45) is 31.5. The molecule has 0 bridgehead atoms. The van der Waals surface area contributed by atoms with Crippen LogP contribution >= 0.6 is 0 Å². The number of carbonyl (C=O) groups is 2. The van der Waals surface area contributed by atoms with E-state index >= 15 is 13.2 Å². The number of ketones is 2. The number of hydrogen-bond donors (Lipinski definition) is 0. The van der Waals surface area contributed by atoms with E-state index in [-0.39, 0.29) is 62.5 Å². The van der Waals surface area contributed by atoms with Crippen LogP contribution in [0.3, 0.4) is 0 Å². The third-order valence-corrected chi connectivity index (χ3v) is 31.9.